The first-order valence-corrected chi connectivity index (χ1v) is 11.3. The third-order valence-corrected chi connectivity index (χ3v) is 6.27. The van der Waals surface area contributed by atoms with Gasteiger partial charge in [0.1, 0.15) is 11.9 Å². The van der Waals surface area contributed by atoms with Crippen LogP contribution in [0.25, 0.3) is 0 Å². The Hall–Kier alpha value is -2.08. The van der Waals surface area contributed by atoms with Gasteiger partial charge in [0, 0.05) is 29.5 Å². The molecule has 0 radical (unpaired) electrons. The van der Waals surface area contributed by atoms with Crippen molar-refractivity contribution in [2.75, 3.05) is 18.1 Å². The van der Waals surface area contributed by atoms with Crippen molar-refractivity contribution in [3.63, 3.8) is 0 Å². The van der Waals surface area contributed by atoms with Crippen LogP contribution in [0.2, 0.25) is 0 Å². The summed E-state index contributed by atoms with van der Waals surface area (Å²) in [4.78, 5) is 31.2. The van der Waals surface area contributed by atoms with Crippen LogP contribution < -0.4 is 10.1 Å². The number of hydrogen-bond donors (Lipinski definition) is 3. The number of ether oxygens (including phenoxy) is 1. The van der Waals surface area contributed by atoms with E-state index in [1.54, 1.807) is 10.8 Å². The Morgan fingerprint density at radius 1 is 1.13 bits per heavy atom. The number of rotatable bonds is 9. The number of amides is 1. The predicted octanol–water partition coefficient (Wildman–Crippen LogP) is 3.55. The average molecular weight is 470 g/mol. The first-order chi connectivity index (χ1) is 14.0. The molecule has 1 amide bonds. The van der Waals surface area contributed by atoms with Crippen molar-refractivity contribution in [1.29, 1.82) is 0 Å². The maximum absolute atomic E-state index is 12.0. The van der Waals surface area contributed by atoms with Gasteiger partial charge < -0.3 is 20.3 Å². The van der Waals surface area contributed by atoms with Crippen LogP contribution in [0.5, 0.6) is 5.75 Å². The molecule has 1 aromatic carbocycles. The Morgan fingerprint density at radius 2 is 1.73 bits per heavy atom. The van der Waals surface area contributed by atoms with Crippen LogP contribution in [0.1, 0.15) is 31.2 Å². The molecule has 12 heteroatoms. The SMILES string of the molecule is C[C@H]1c2ccccc2O[C@H]1CC(=O)NCCSSCCC(=O)O.O=C(O)C(F)(F)F. The standard InChI is InChI=1S/C16H21NO4S2.C2HF3O2/c1-11-12-4-2-3-5-13(12)21-14(11)10-15(18)17-7-9-23-22-8-6-16(19)20;3-2(4,5)1(6)7/h2-5,11,14H,6-10H2,1H3,(H,17,18)(H,19,20);(H,6,7)/t11-,14-;/m0./s1. The first kappa shape index (κ1) is 26.0. The molecule has 0 fully saturated rings. The zero-order valence-corrected chi connectivity index (χ0v) is 17.6. The van der Waals surface area contributed by atoms with E-state index in [9.17, 15) is 22.8 Å². The van der Waals surface area contributed by atoms with Crippen molar-refractivity contribution in [3.8, 4) is 5.75 Å². The molecule has 1 aliphatic heterocycles. The van der Waals surface area contributed by atoms with Gasteiger partial charge in [-0.1, -0.05) is 46.7 Å². The summed E-state index contributed by atoms with van der Waals surface area (Å²) in [6, 6.07) is 7.91. The lowest BCUT2D eigenvalue weighted by atomic mass is 9.95. The molecular formula is C18H22F3NO6S2. The summed E-state index contributed by atoms with van der Waals surface area (Å²) in [6.45, 7) is 2.66. The first-order valence-electron chi connectivity index (χ1n) is 8.81. The fraction of sp³-hybridized carbons (Fsp3) is 0.500. The number of halogens is 3. The van der Waals surface area contributed by atoms with Crippen LogP contribution in [0, 0.1) is 0 Å². The largest absolute Gasteiger partial charge is 0.490 e. The fourth-order valence-corrected chi connectivity index (χ4v) is 4.27. The number of nitrogens with one attached hydrogen (secondary N) is 1. The van der Waals surface area contributed by atoms with E-state index >= 15 is 0 Å². The number of alkyl halides is 3. The van der Waals surface area contributed by atoms with E-state index in [4.69, 9.17) is 19.7 Å². The maximum Gasteiger partial charge on any atom is 0.490 e. The average Bonchev–Trinajstić information content (AvgIpc) is 2.96. The van der Waals surface area contributed by atoms with Crippen molar-refractivity contribution in [1.82, 2.24) is 5.32 Å². The van der Waals surface area contributed by atoms with Gasteiger partial charge in [-0.25, -0.2) is 4.79 Å². The Kier molecular flexibility index (Phi) is 10.9. The van der Waals surface area contributed by atoms with Gasteiger partial charge in [-0.15, -0.1) is 0 Å². The van der Waals surface area contributed by atoms with Gasteiger partial charge in [0.15, 0.2) is 0 Å². The predicted molar refractivity (Wildman–Crippen MR) is 108 cm³/mol. The van der Waals surface area contributed by atoms with Gasteiger partial charge in [0.2, 0.25) is 5.91 Å². The van der Waals surface area contributed by atoms with E-state index in [1.165, 1.54) is 10.8 Å². The van der Waals surface area contributed by atoms with E-state index in [0.29, 0.717) is 18.7 Å². The molecular weight excluding hydrogens is 447 g/mol. The summed E-state index contributed by atoms with van der Waals surface area (Å²) >= 11 is 0. The lowest BCUT2D eigenvalue weighted by Crippen LogP contribution is -2.31. The van der Waals surface area contributed by atoms with E-state index in [2.05, 4.69) is 12.2 Å². The molecule has 2 rings (SSSR count). The second-order valence-electron chi connectivity index (χ2n) is 6.13. The van der Waals surface area contributed by atoms with Crippen LogP contribution in [0.15, 0.2) is 24.3 Å². The monoisotopic (exact) mass is 469 g/mol. The van der Waals surface area contributed by atoms with Gasteiger partial charge in [-0.2, -0.15) is 13.2 Å². The molecule has 3 N–H and O–H groups in total. The zero-order valence-electron chi connectivity index (χ0n) is 16.0. The molecule has 1 aromatic rings. The Labute approximate surface area is 179 Å². The number of fused-ring (bicyclic) bond motifs is 1. The number of aliphatic carboxylic acids is 2. The van der Waals surface area contributed by atoms with Crippen molar-refractivity contribution in [3.05, 3.63) is 29.8 Å². The van der Waals surface area contributed by atoms with Crippen molar-refractivity contribution in [2.45, 2.75) is 38.0 Å². The summed E-state index contributed by atoms with van der Waals surface area (Å²) in [7, 11) is 3.10. The minimum absolute atomic E-state index is 0.00853. The highest BCUT2D eigenvalue weighted by Gasteiger charge is 2.38. The molecule has 0 unspecified atom stereocenters. The van der Waals surface area contributed by atoms with Crippen LogP contribution in [-0.4, -0.2) is 58.4 Å². The van der Waals surface area contributed by atoms with Crippen molar-refractivity contribution < 1.29 is 42.5 Å². The van der Waals surface area contributed by atoms with Gasteiger partial charge in [0.05, 0.1) is 12.8 Å². The molecule has 0 bridgehead atoms. The number of hydrogen-bond acceptors (Lipinski definition) is 6. The highest BCUT2D eigenvalue weighted by molar-refractivity contribution is 8.76. The summed E-state index contributed by atoms with van der Waals surface area (Å²) in [6.07, 6.45) is -4.67. The molecule has 0 aromatic heterocycles. The third-order valence-electron chi connectivity index (χ3n) is 3.86. The molecule has 0 aliphatic carbocycles. The lowest BCUT2D eigenvalue weighted by Gasteiger charge is -2.15. The minimum Gasteiger partial charge on any atom is -0.489 e. The molecule has 1 aliphatic rings. The zero-order chi connectivity index (χ0) is 22.7. The van der Waals surface area contributed by atoms with Gasteiger partial charge >= 0.3 is 18.1 Å². The Morgan fingerprint density at radius 3 is 2.30 bits per heavy atom. The molecule has 2 atom stereocenters. The number of benzene rings is 1. The summed E-state index contributed by atoms with van der Waals surface area (Å²) < 4.78 is 37.6. The summed E-state index contributed by atoms with van der Waals surface area (Å²) in [5.74, 6) is -1.10. The van der Waals surface area contributed by atoms with Gasteiger partial charge in [0.25, 0.3) is 0 Å². The van der Waals surface area contributed by atoms with Gasteiger partial charge in [-0.05, 0) is 6.07 Å². The smallest absolute Gasteiger partial charge is 0.489 e. The summed E-state index contributed by atoms with van der Waals surface area (Å²) in [5, 5.41) is 18.5. The Bertz CT molecular complexity index is 732. The van der Waals surface area contributed by atoms with Crippen molar-refractivity contribution >= 4 is 39.4 Å². The molecule has 0 spiro atoms. The third kappa shape index (κ3) is 9.61. The summed E-state index contributed by atoms with van der Waals surface area (Å²) in [5.41, 5.74) is 1.16. The van der Waals surface area contributed by atoms with E-state index in [0.717, 1.165) is 17.1 Å². The van der Waals surface area contributed by atoms with E-state index in [-0.39, 0.29) is 24.3 Å². The highest BCUT2D eigenvalue weighted by atomic mass is 33.1. The van der Waals surface area contributed by atoms with Crippen LogP contribution in [-0.2, 0) is 14.4 Å². The number of carbonyl (C=O) groups is 3. The molecule has 0 saturated heterocycles. The normalized spacial score (nSPS) is 17.2. The molecule has 7 nitrogen and oxygen atoms in total. The van der Waals surface area contributed by atoms with Crippen LogP contribution >= 0.6 is 21.6 Å². The minimum atomic E-state index is -5.08. The topological polar surface area (TPSA) is 113 Å². The van der Waals surface area contributed by atoms with Crippen LogP contribution in [0.3, 0.4) is 0 Å². The second kappa shape index (κ2) is 12.6. The lowest BCUT2D eigenvalue weighted by molar-refractivity contribution is -0.192. The molecule has 168 valence electrons. The fourth-order valence-electron chi connectivity index (χ4n) is 2.38. The number of carbonyl (C=O) groups excluding carboxylic acids is 1. The molecule has 0 saturated carbocycles. The Balaban J connectivity index is 0.000000553. The number of carboxylic acids is 2. The second-order valence-corrected chi connectivity index (χ2v) is 8.83. The maximum atomic E-state index is 12.0. The van der Waals surface area contributed by atoms with E-state index in [1.807, 2.05) is 24.3 Å². The van der Waals surface area contributed by atoms with Gasteiger partial charge in [-0.3, -0.25) is 9.59 Å². The number of carboxylic acid groups (broad SMARTS) is 2. The van der Waals surface area contributed by atoms with E-state index < -0.39 is 18.1 Å². The molecule has 30 heavy (non-hydrogen) atoms. The van der Waals surface area contributed by atoms with Crippen molar-refractivity contribution in [2.24, 2.45) is 0 Å². The van der Waals surface area contributed by atoms with Crippen LogP contribution in [0.4, 0.5) is 13.2 Å². The number of para-hydroxylation sites is 1. The highest BCUT2D eigenvalue weighted by Crippen LogP contribution is 2.38. The molecule has 1 heterocycles. The quantitative estimate of drug-likeness (QED) is 0.372.